The number of hydrogen-bond acceptors (Lipinski definition) is 2. The second-order valence-corrected chi connectivity index (χ2v) is 4.35. The van der Waals surface area contributed by atoms with Crippen molar-refractivity contribution in [2.75, 3.05) is 11.2 Å². The van der Waals surface area contributed by atoms with Crippen LogP contribution in [0.4, 0.5) is 5.69 Å². The van der Waals surface area contributed by atoms with Crippen molar-refractivity contribution in [3.05, 3.63) is 42.7 Å². The number of carbonyl (C=O) groups is 1. The van der Waals surface area contributed by atoms with E-state index in [4.69, 9.17) is 11.6 Å². The second kappa shape index (κ2) is 5.69. The molecule has 1 aromatic heterocycles. The lowest BCUT2D eigenvalue weighted by atomic mass is 10.2. The van der Waals surface area contributed by atoms with E-state index in [2.05, 4.69) is 10.4 Å². The van der Waals surface area contributed by atoms with Crippen LogP contribution in [-0.4, -0.2) is 21.6 Å². The number of nitrogens with zero attached hydrogens (tertiary/aromatic N) is 2. The molecule has 2 rings (SSSR count). The molecule has 0 aliphatic rings. The summed E-state index contributed by atoms with van der Waals surface area (Å²) in [6.07, 6.45) is 3.58. The maximum Gasteiger partial charge on any atom is 0.228 e. The van der Waals surface area contributed by atoms with Crippen molar-refractivity contribution in [3.63, 3.8) is 0 Å². The molecule has 1 atom stereocenters. The van der Waals surface area contributed by atoms with Gasteiger partial charge in [-0.3, -0.25) is 4.79 Å². The topological polar surface area (TPSA) is 46.9 Å². The maximum absolute atomic E-state index is 11.6. The second-order valence-electron chi connectivity index (χ2n) is 4.04. The summed E-state index contributed by atoms with van der Waals surface area (Å²) in [6, 6.07) is 9.34. The number of halogens is 1. The van der Waals surface area contributed by atoms with Gasteiger partial charge in [-0.15, -0.1) is 11.6 Å². The number of carbonyl (C=O) groups excluding carboxylic acids is 1. The van der Waals surface area contributed by atoms with Crippen LogP contribution < -0.4 is 5.32 Å². The first kappa shape index (κ1) is 12.6. The van der Waals surface area contributed by atoms with E-state index in [0.717, 1.165) is 11.4 Å². The van der Waals surface area contributed by atoms with Gasteiger partial charge in [-0.25, -0.2) is 4.68 Å². The predicted molar refractivity (Wildman–Crippen MR) is 72.1 cm³/mol. The van der Waals surface area contributed by atoms with E-state index in [1.165, 1.54) is 0 Å². The molecule has 1 unspecified atom stereocenters. The lowest BCUT2D eigenvalue weighted by molar-refractivity contribution is -0.118. The van der Waals surface area contributed by atoms with E-state index >= 15 is 0 Å². The highest BCUT2D eigenvalue weighted by atomic mass is 35.5. The third kappa shape index (κ3) is 2.90. The van der Waals surface area contributed by atoms with Gasteiger partial charge >= 0.3 is 0 Å². The van der Waals surface area contributed by atoms with Gasteiger partial charge in [0.25, 0.3) is 0 Å². The Morgan fingerprint density at radius 1 is 1.44 bits per heavy atom. The summed E-state index contributed by atoms with van der Waals surface area (Å²) in [5, 5.41) is 6.94. The lowest BCUT2D eigenvalue weighted by Gasteiger charge is -2.09. The van der Waals surface area contributed by atoms with Gasteiger partial charge in [-0.1, -0.05) is 6.92 Å². The molecule has 0 bridgehead atoms. The van der Waals surface area contributed by atoms with Crippen LogP contribution in [0.25, 0.3) is 5.69 Å². The fourth-order valence-electron chi connectivity index (χ4n) is 1.45. The van der Waals surface area contributed by atoms with Gasteiger partial charge in [0.15, 0.2) is 0 Å². The average Bonchev–Trinajstić information content (AvgIpc) is 2.92. The summed E-state index contributed by atoms with van der Waals surface area (Å²) < 4.78 is 1.76. The van der Waals surface area contributed by atoms with Gasteiger partial charge in [-0.05, 0) is 30.3 Å². The molecule has 1 heterocycles. The van der Waals surface area contributed by atoms with Crippen molar-refractivity contribution in [1.29, 1.82) is 0 Å². The third-order valence-electron chi connectivity index (χ3n) is 2.58. The van der Waals surface area contributed by atoms with Crippen molar-refractivity contribution in [2.45, 2.75) is 6.92 Å². The van der Waals surface area contributed by atoms with Crippen LogP contribution >= 0.6 is 11.6 Å². The van der Waals surface area contributed by atoms with Crippen molar-refractivity contribution in [3.8, 4) is 5.69 Å². The molecule has 2 aromatic rings. The Hall–Kier alpha value is -1.81. The number of benzene rings is 1. The standard InChI is InChI=1S/C13H14ClN3O/c1-10(9-14)13(18)16-11-3-5-12(6-4-11)17-8-2-7-15-17/h2-8,10H,9H2,1H3,(H,16,18). The van der Waals surface area contributed by atoms with E-state index < -0.39 is 0 Å². The summed E-state index contributed by atoms with van der Waals surface area (Å²) >= 11 is 5.63. The first-order valence-electron chi connectivity index (χ1n) is 5.67. The molecule has 0 saturated carbocycles. The molecule has 1 amide bonds. The van der Waals surface area contributed by atoms with Crippen LogP contribution in [0.5, 0.6) is 0 Å². The fraction of sp³-hybridized carbons (Fsp3) is 0.231. The quantitative estimate of drug-likeness (QED) is 0.862. The van der Waals surface area contributed by atoms with Crippen LogP contribution in [0.15, 0.2) is 42.7 Å². The lowest BCUT2D eigenvalue weighted by Crippen LogP contribution is -2.21. The van der Waals surface area contributed by atoms with E-state index in [1.807, 2.05) is 36.5 Å². The van der Waals surface area contributed by atoms with E-state index in [1.54, 1.807) is 17.8 Å². The molecular formula is C13H14ClN3O. The highest BCUT2D eigenvalue weighted by molar-refractivity contribution is 6.19. The third-order valence-corrected chi connectivity index (χ3v) is 3.05. The first-order valence-corrected chi connectivity index (χ1v) is 6.21. The molecule has 0 saturated heterocycles. The molecular weight excluding hydrogens is 250 g/mol. The zero-order valence-corrected chi connectivity index (χ0v) is 10.8. The SMILES string of the molecule is CC(CCl)C(=O)Nc1ccc(-n2cccn2)cc1. The molecule has 1 aromatic carbocycles. The minimum Gasteiger partial charge on any atom is -0.326 e. The Kier molecular flexibility index (Phi) is 3.99. The summed E-state index contributed by atoms with van der Waals surface area (Å²) in [5.74, 6) is 0.0475. The van der Waals surface area contributed by atoms with Gasteiger partial charge in [-0.2, -0.15) is 5.10 Å². The number of anilines is 1. The normalized spacial score (nSPS) is 12.1. The van der Waals surface area contributed by atoms with Gasteiger partial charge in [0.2, 0.25) is 5.91 Å². The summed E-state index contributed by atoms with van der Waals surface area (Å²) in [4.78, 5) is 11.6. The maximum atomic E-state index is 11.6. The minimum atomic E-state index is -0.197. The number of aromatic nitrogens is 2. The minimum absolute atomic E-state index is 0.0724. The Bertz CT molecular complexity index is 508. The molecule has 0 spiro atoms. The monoisotopic (exact) mass is 263 g/mol. The first-order chi connectivity index (χ1) is 8.70. The van der Waals surface area contributed by atoms with E-state index in [9.17, 15) is 4.79 Å². The van der Waals surface area contributed by atoms with Crippen LogP contribution in [0.2, 0.25) is 0 Å². The van der Waals surface area contributed by atoms with Crippen LogP contribution in [0.3, 0.4) is 0 Å². The molecule has 0 aliphatic heterocycles. The van der Waals surface area contributed by atoms with Crippen molar-refractivity contribution in [1.82, 2.24) is 9.78 Å². The highest BCUT2D eigenvalue weighted by Crippen LogP contribution is 2.13. The number of hydrogen-bond donors (Lipinski definition) is 1. The Labute approximate surface area is 111 Å². The molecule has 1 N–H and O–H groups in total. The Balaban J connectivity index is 2.06. The van der Waals surface area contributed by atoms with E-state index in [0.29, 0.717) is 5.88 Å². The zero-order valence-electron chi connectivity index (χ0n) is 10.0. The molecule has 5 heteroatoms. The number of alkyl halides is 1. The van der Waals surface area contributed by atoms with Gasteiger partial charge < -0.3 is 5.32 Å². The highest BCUT2D eigenvalue weighted by Gasteiger charge is 2.11. The molecule has 94 valence electrons. The van der Waals surface area contributed by atoms with Crippen molar-refractivity contribution >= 4 is 23.2 Å². The summed E-state index contributed by atoms with van der Waals surface area (Å²) in [6.45, 7) is 1.79. The predicted octanol–water partition coefficient (Wildman–Crippen LogP) is 2.69. The molecule has 18 heavy (non-hydrogen) atoms. The smallest absolute Gasteiger partial charge is 0.228 e. The van der Waals surface area contributed by atoms with Crippen molar-refractivity contribution < 1.29 is 4.79 Å². The number of amides is 1. The Morgan fingerprint density at radius 3 is 2.72 bits per heavy atom. The van der Waals surface area contributed by atoms with Crippen LogP contribution in [-0.2, 0) is 4.79 Å². The van der Waals surface area contributed by atoms with Gasteiger partial charge in [0.05, 0.1) is 5.69 Å². The fourth-order valence-corrected chi connectivity index (χ4v) is 1.59. The summed E-state index contributed by atoms with van der Waals surface area (Å²) in [7, 11) is 0. The average molecular weight is 264 g/mol. The zero-order chi connectivity index (χ0) is 13.0. The van der Waals surface area contributed by atoms with Crippen molar-refractivity contribution in [2.24, 2.45) is 5.92 Å². The molecule has 0 radical (unpaired) electrons. The molecule has 0 aliphatic carbocycles. The van der Waals surface area contributed by atoms with Crippen LogP contribution in [0.1, 0.15) is 6.92 Å². The van der Waals surface area contributed by atoms with E-state index in [-0.39, 0.29) is 11.8 Å². The molecule has 4 nitrogen and oxygen atoms in total. The van der Waals surface area contributed by atoms with Gasteiger partial charge in [0, 0.05) is 29.9 Å². The van der Waals surface area contributed by atoms with Gasteiger partial charge in [0.1, 0.15) is 0 Å². The Morgan fingerprint density at radius 2 is 2.17 bits per heavy atom. The van der Waals surface area contributed by atoms with Crippen LogP contribution in [0, 0.1) is 5.92 Å². The molecule has 0 fully saturated rings. The number of rotatable bonds is 4. The number of nitrogens with one attached hydrogen (secondary N) is 1. The summed E-state index contributed by atoms with van der Waals surface area (Å²) in [5.41, 5.74) is 1.70. The largest absolute Gasteiger partial charge is 0.326 e.